The molecule has 0 saturated heterocycles. The summed E-state index contributed by atoms with van der Waals surface area (Å²) in [7, 11) is 0. The van der Waals surface area contributed by atoms with E-state index in [4.69, 9.17) is 10.5 Å². The van der Waals surface area contributed by atoms with Crippen molar-refractivity contribution in [1.29, 1.82) is 0 Å². The number of halogens is 1. The van der Waals surface area contributed by atoms with Crippen LogP contribution in [0.4, 0.5) is 10.1 Å². The third kappa shape index (κ3) is 2.39. The van der Waals surface area contributed by atoms with Gasteiger partial charge in [-0.15, -0.1) is 0 Å². The first-order valence-corrected chi connectivity index (χ1v) is 5.58. The third-order valence-electron chi connectivity index (χ3n) is 2.64. The van der Waals surface area contributed by atoms with Crippen LogP contribution < -0.4 is 15.4 Å². The second kappa shape index (κ2) is 4.71. The number of nitrogens with zero attached hydrogens (tertiary/aromatic N) is 1. The average molecular weight is 238 g/mol. The van der Waals surface area contributed by atoms with Crippen molar-refractivity contribution in [2.24, 2.45) is 5.73 Å². The number of amides is 1. The standard InChI is InChI=1S/C12H15FN2O2/c1-8-7-15(12(16)4-5-14)10-3-2-9(13)6-11(10)17-8/h2-3,6,8H,4-5,7,14H2,1H3. The molecule has 2 N–H and O–H groups in total. The molecular formula is C12H15FN2O2. The first kappa shape index (κ1) is 11.9. The maximum atomic E-state index is 13.1. The molecule has 0 aliphatic carbocycles. The van der Waals surface area contributed by atoms with Gasteiger partial charge in [-0.3, -0.25) is 4.79 Å². The normalized spacial score (nSPS) is 18.5. The Hall–Kier alpha value is -1.62. The predicted octanol–water partition coefficient (Wildman–Crippen LogP) is 1.29. The van der Waals surface area contributed by atoms with Gasteiger partial charge >= 0.3 is 0 Å². The summed E-state index contributed by atoms with van der Waals surface area (Å²) in [5.74, 6) is -0.0197. The summed E-state index contributed by atoms with van der Waals surface area (Å²) in [6, 6.07) is 4.18. The van der Waals surface area contributed by atoms with Crippen LogP contribution in [0.3, 0.4) is 0 Å². The molecule has 0 fully saturated rings. The van der Waals surface area contributed by atoms with E-state index in [0.29, 0.717) is 24.5 Å². The highest BCUT2D eigenvalue weighted by molar-refractivity contribution is 5.95. The Morgan fingerprint density at radius 1 is 1.65 bits per heavy atom. The van der Waals surface area contributed by atoms with Gasteiger partial charge in [0.2, 0.25) is 5.91 Å². The van der Waals surface area contributed by atoms with Gasteiger partial charge < -0.3 is 15.4 Å². The van der Waals surface area contributed by atoms with E-state index in [1.165, 1.54) is 12.1 Å². The molecule has 4 nitrogen and oxygen atoms in total. The number of rotatable bonds is 2. The van der Waals surface area contributed by atoms with E-state index < -0.39 is 0 Å². The molecular weight excluding hydrogens is 223 g/mol. The maximum Gasteiger partial charge on any atom is 0.228 e. The van der Waals surface area contributed by atoms with Crippen molar-refractivity contribution in [3.8, 4) is 5.75 Å². The van der Waals surface area contributed by atoms with Crippen molar-refractivity contribution in [3.63, 3.8) is 0 Å². The predicted molar refractivity (Wildman–Crippen MR) is 62.5 cm³/mol. The fourth-order valence-electron chi connectivity index (χ4n) is 1.91. The molecule has 1 amide bonds. The van der Waals surface area contributed by atoms with E-state index in [1.807, 2.05) is 6.92 Å². The van der Waals surface area contributed by atoms with Crippen LogP contribution >= 0.6 is 0 Å². The summed E-state index contributed by atoms with van der Waals surface area (Å²) in [6.45, 7) is 2.62. The highest BCUT2D eigenvalue weighted by Gasteiger charge is 2.27. The van der Waals surface area contributed by atoms with Crippen LogP contribution in [0.15, 0.2) is 18.2 Å². The molecule has 2 rings (SSSR count). The monoisotopic (exact) mass is 238 g/mol. The summed E-state index contributed by atoms with van der Waals surface area (Å²) in [5, 5.41) is 0. The molecule has 1 heterocycles. The summed E-state index contributed by atoms with van der Waals surface area (Å²) < 4.78 is 18.6. The smallest absolute Gasteiger partial charge is 0.228 e. The summed E-state index contributed by atoms with van der Waals surface area (Å²) in [6.07, 6.45) is 0.134. The lowest BCUT2D eigenvalue weighted by molar-refractivity contribution is -0.118. The number of fused-ring (bicyclic) bond motifs is 1. The lowest BCUT2D eigenvalue weighted by Gasteiger charge is -2.33. The van der Waals surface area contributed by atoms with Crippen molar-refractivity contribution in [2.45, 2.75) is 19.4 Å². The summed E-state index contributed by atoms with van der Waals surface area (Å²) >= 11 is 0. The minimum atomic E-state index is -0.371. The number of anilines is 1. The van der Waals surface area contributed by atoms with Gasteiger partial charge in [-0.05, 0) is 19.1 Å². The molecule has 17 heavy (non-hydrogen) atoms. The largest absolute Gasteiger partial charge is 0.487 e. The van der Waals surface area contributed by atoms with Crippen LogP contribution in [-0.4, -0.2) is 25.1 Å². The molecule has 1 aromatic carbocycles. The molecule has 0 radical (unpaired) electrons. The summed E-state index contributed by atoms with van der Waals surface area (Å²) in [5.41, 5.74) is 5.99. The summed E-state index contributed by atoms with van der Waals surface area (Å²) in [4.78, 5) is 13.5. The lowest BCUT2D eigenvalue weighted by atomic mass is 10.2. The quantitative estimate of drug-likeness (QED) is 0.844. The molecule has 0 bridgehead atoms. The zero-order chi connectivity index (χ0) is 12.4. The van der Waals surface area contributed by atoms with E-state index >= 15 is 0 Å². The number of carbonyl (C=O) groups is 1. The van der Waals surface area contributed by atoms with Crippen LogP contribution in [0, 0.1) is 5.82 Å². The van der Waals surface area contributed by atoms with E-state index in [9.17, 15) is 9.18 Å². The van der Waals surface area contributed by atoms with E-state index in [0.717, 1.165) is 0 Å². The second-order valence-corrected chi connectivity index (χ2v) is 4.08. The number of carbonyl (C=O) groups excluding carboxylic acids is 1. The molecule has 1 aromatic rings. The minimum Gasteiger partial charge on any atom is -0.487 e. The Morgan fingerprint density at radius 2 is 2.41 bits per heavy atom. The molecule has 0 spiro atoms. The Kier molecular flexibility index (Phi) is 3.28. The van der Waals surface area contributed by atoms with Gasteiger partial charge in [-0.1, -0.05) is 0 Å². The van der Waals surface area contributed by atoms with Crippen LogP contribution in [0.2, 0.25) is 0 Å². The second-order valence-electron chi connectivity index (χ2n) is 4.08. The first-order chi connectivity index (χ1) is 8.11. The molecule has 1 aliphatic rings. The highest BCUT2D eigenvalue weighted by atomic mass is 19.1. The highest BCUT2D eigenvalue weighted by Crippen LogP contribution is 2.34. The number of hydrogen-bond donors (Lipinski definition) is 1. The molecule has 1 atom stereocenters. The third-order valence-corrected chi connectivity index (χ3v) is 2.64. The Balaban J connectivity index is 2.34. The number of benzene rings is 1. The van der Waals surface area contributed by atoms with Gasteiger partial charge in [-0.25, -0.2) is 4.39 Å². The van der Waals surface area contributed by atoms with E-state index in [1.54, 1.807) is 11.0 Å². The first-order valence-electron chi connectivity index (χ1n) is 5.58. The maximum absolute atomic E-state index is 13.1. The van der Waals surface area contributed by atoms with E-state index in [-0.39, 0.29) is 24.2 Å². The van der Waals surface area contributed by atoms with Gasteiger partial charge in [0.1, 0.15) is 17.7 Å². The van der Waals surface area contributed by atoms with Crippen molar-refractivity contribution in [3.05, 3.63) is 24.0 Å². The fraction of sp³-hybridized carbons (Fsp3) is 0.417. The van der Waals surface area contributed by atoms with Crippen molar-refractivity contribution >= 4 is 11.6 Å². The van der Waals surface area contributed by atoms with Crippen LogP contribution in [0.25, 0.3) is 0 Å². The Labute approximate surface area is 99.2 Å². The molecule has 92 valence electrons. The minimum absolute atomic E-state index is 0.0597. The van der Waals surface area contributed by atoms with Gasteiger partial charge in [0.05, 0.1) is 12.2 Å². The Morgan fingerprint density at radius 3 is 3.12 bits per heavy atom. The van der Waals surface area contributed by atoms with Crippen molar-refractivity contribution < 1.29 is 13.9 Å². The molecule has 1 aliphatic heterocycles. The fourth-order valence-corrected chi connectivity index (χ4v) is 1.91. The zero-order valence-corrected chi connectivity index (χ0v) is 9.65. The lowest BCUT2D eigenvalue weighted by Crippen LogP contribution is -2.42. The van der Waals surface area contributed by atoms with E-state index in [2.05, 4.69) is 0 Å². The SMILES string of the molecule is CC1CN(C(=O)CCN)c2ccc(F)cc2O1. The molecule has 0 aromatic heterocycles. The zero-order valence-electron chi connectivity index (χ0n) is 9.65. The van der Waals surface area contributed by atoms with Gasteiger partial charge in [0, 0.05) is 19.0 Å². The van der Waals surface area contributed by atoms with Crippen LogP contribution in [0.1, 0.15) is 13.3 Å². The van der Waals surface area contributed by atoms with Crippen molar-refractivity contribution in [1.82, 2.24) is 0 Å². The molecule has 0 saturated carbocycles. The Bertz CT molecular complexity index is 437. The number of ether oxygens (including phenoxy) is 1. The topological polar surface area (TPSA) is 55.6 Å². The van der Waals surface area contributed by atoms with Gasteiger partial charge in [0.25, 0.3) is 0 Å². The van der Waals surface area contributed by atoms with Crippen molar-refractivity contribution in [2.75, 3.05) is 18.0 Å². The molecule has 1 unspecified atom stereocenters. The molecule has 5 heteroatoms. The number of nitrogens with two attached hydrogens (primary N) is 1. The van der Waals surface area contributed by atoms with Crippen LogP contribution in [-0.2, 0) is 4.79 Å². The van der Waals surface area contributed by atoms with Gasteiger partial charge in [-0.2, -0.15) is 0 Å². The number of hydrogen-bond acceptors (Lipinski definition) is 3. The van der Waals surface area contributed by atoms with Gasteiger partial charge in [0.15, 0.2) is 0 Å². The van der Waals surface area contributed by atoms with Crippen LogP contribution in [0.5, 0.6) is 5.75 Å². The average Bonchev–Trinajstić information content (AvgIpc) is 2.27.